The van der Waals surface area contributed by atoms with E-state index in [9.17, 15) is 0 Å². The minimum atomic E-state index is 0.283. The molecule has 0 aromatic carbocycles. The van der Waals surface area contributed by atoms with Crippen LogP contribution in [0.3, 0.4) is 0 Å². The van der Waals surface area contributed by atoms with Crippen molar-refractivity contribution >= 4 is 33.3 Å². The molecule has 1 aromatic rings. The molecule has 0 aliphatic heterocycles. The Labute approximate surface area is 109 Å². The van der Waals surface area contributed by atoms with Gasteiger partial charge in [-0.05, 0) is 52.2 Å². The van der Waals surface area contributed by atoms with Crippen LogP contribution in [0.5, 0.6) is 0 Å². The highest BCUT2D eigenvalue weighted by Gasteiger charge is 2.41. The molecule has 0 saturated heterocycles. The lowest BCUT2D eigenvalue weighted by Crippen LogP contribution is -2.16. The Kier molecular flexibility index (Phi) is 3.70. The van der Waals surface area contributed by atoms with Crippen molar-refractivity contribution in [3.8, 4) is 0 Å². The Morgan fingerprint density at radius 3 is 2.94 bits per heavy atom. The zero-order valence-electron chi connectivity index (χ0n) is 9.26. The largest absolute Gasteiger partial charge is 0.368 e. The number of nitrogens with zero attached hydrogens (tertiary/aromatic N) is 2. The fourth-order valence-electron chi connectivity index (χ4n) is 1.96. The maximum absolute atomic E-state index is 5.76. The molecule has 5 heteroatoms. The van der Waals surface area contributed by atoms with Crippen molar-refractivity contribution in [1.29, 1.82) is 0 Å². The fourth-order valence-corrected chi connectivity index (χ4v) is 2.43. The Hall–Kier alpha value is -0.350. The first-order chi connectivity index (χ1) is 7.65. The highest BCUT2D eigenvalue weighted by atomic mass is 79.9. The molecule has 0 spiro atoms. The summed E-state index contributed by atoms with van der Waals surface area (Å²) in [5.41, 5.74) is 0.506. The van der Waals surface area contributed by atoms with Gasteiger partial charge >= 0.3 is 0 Å². The van der Waals surface area contributed by atoms with Gasteiger partial charge in [0.25, 0.3) is 0 Å². The number of hydrogen-bond donors (Lipinski definition) is 1. The van der Waals surface area contributed by atoms with E-state index in [0.717, 1.165) is 16.8 Å². The second-order valence-corrected chi connectivity index (χ2v) is 5.63. The Balaban J connectivity index is 1.97. The number of rotatable bonds is 5. The molecule has 0 radical (unpaired) electrons. The molecule has 0 bridgehead atoms. The first kappa shape index (κ1) is 12.1. The van der Waals surface area contributed by atoms with E-state index < -0.39 is 0 Å². The number of aromatic nitrogens is 2. The van der Waals surface area contributed by atoms with Crippen LogP contribution >= 0.6 is 27.5 Å². The molecule has 0 unspecified atom stereocenters. The van der Waals surface area contributed by atoms with Crippen LogP contribution in [0.4, 0.5) is 5.82 Å². The van der Waals surface area contributed by atoms with E-state index >= 15 is 0 Å². The zero-order valence-corrected chi connectivity index (χ0v) is 11.6. The van der Waals surface area contributed by atoms with Crippen LogP contribution in [0.15, 0.2) is 10.7 Å². The number of nitrogens with one attached hydrogen (secondary N) is 1. The smallest absolute Gasteiger partial charge is 0.224 e. The van der Waals surface area contributed by atoms with Crippen molar-refractivity contribution in [2.75, 3.05) is 11.9 Å². The van der Waals surface area contributed by atoms with Gasteiger partial charge in [0.2, 0.25) is 5.28 Å². The molecular formula is C11H15BrClN3. The van der Waals surface area contributed by atoms with Crippen LogP contribution in [-0.2, 0) is 0 Å². The third kappa shape index (κ3) is 2.86. The topological polar surface area (TPSA) is 37.8 Å². The summed E-state index contributed by atoms with van der Waals surface area (Å²) >= 11 is 9.17. The molecule has 1 saturated carbocycles. The summed E-state index contributed by atoms with van der Waals surface area (Å²) in [4.78, 5) is 8.06. The molecule has 2 rings (SSSR count). The lowest BCUT2D eigenvalue weighted by Gasteiger charge is -2.15. The van der Waals surface area contributed by atoms with Crippen molar-refractivity contribution in [3.63, 3.8) is 0 Å². The van der Waals surface area contributed by atoms with Gasteiger partial charge in [-0.3, -0.25) is 0 Å². The van der Waals surface area contributed by atoms with E-state index in [1.54, 1.807) is 6.20 Å². The molecule has 1 N–H and O–H groups in total. The molecule has 3 nitrogen and oxygen atoms in total. The van der Waals surface area contributed by atoms with Crippen LogP contribution in [0.2, 0.25) is 5.28 Å². The van der Waals surface area contributed by atoms with Crippen molar-refractivity contribution in [2.45, 2.75) is 32.6 Å². The van der Waals surface area contributed by atoms with Crippen molar-refractivity contribution in [2.24, 2.45) is 5.41 Å². The van der Waals surface area contributed by atoms with Crippen LogP contribution in [0.25, 0.3) is 0 Å². The van der Waals surface area contributed by atoms with E-state index in [1.807, 2.05) is 0 Å². The molecule has 1 heterocycles. The minimum absolute atomic E-state index is 0.283. The van der Waals surface area contributed by atoms with E-state index in [4.69, 9.17) is 11.6 Å². The molecule has 16 heavy (non-hydrogen) atoms. The van der Waals surface area contributed by atoms with Gasteiger partial charge in [0.05, 0.1) is 4.47 Å². The Bertz CT molecular complexity index is 379. The number of anilines is 1. The molecular weight excluding hydrogens is 289 g/mol. The highest BCUT2D eigenvalue weighted by Crippen LogP contribution is 2.49. The van der Waals surface area contributed by atoms with Gasteiger partial charge in [0.1, 0.15) is 5.82 Å². The maximum atomic E-state index is 5.76. The van der Waals surface area contributed by atoms with Gasteiger partial charge in [0, 0.05) is 12.7 Å². The van der Waals surface area contributed by atoms with Crippen molar-refractivity contribution in [3.05, 3.63) is 16.0 Å². The number of hydrogen-bond acceptors (Lipinski definition) is 3. The Morgan fingerprint density at radius 2 is 2.31 bits per heavy atom. The molecule has 1 aliphatic carbocycles. The molecule has 1 aliphatic rings. The van der Waals surface area contributed by atoms with Crippen LogP contribution in [0, 0.1) is 5.41 Å². The normalized spacial score (nSPS) is 17.2. The molecule has 0 amide bonds. The first-order valence-electron chi connectivity index (χ1n) is 5.57. The average molecular weight is 305 g/mol. The van der Waals surface area contributed by atoms with Gasteiger partial charge in [-0.15, -0.1) is 0 Å². The van der Waals surface area contributed by atoms with Gasteiger partial charge in [-0.1, -0.05) is 13.3 Å². The minimum Gasteiger partial charge on any atom is -0.368 e. The van der Waals surface area contributed by atoms with Crippen LogP contribution in [-0.4, -0.2) is 16.5 Å². The van der Waals surface area contributed by atoms with E-state index in [2.05, 4.69) is 38.1 Å². The predicted molar refractivity (Wildman–Crippen MR) is 69.8 cm³/mol. The van der Waals surface area contributed by atoms with Gasteiger partial charge < -0.3 is 5.32 Å². The summed E-state index contributed by atoms with van der Waals surface area (Å²) in [6.45, 7) is 3.21. The lowest BCUT2D eigenvalue weighted by atomic mass is 10.0. The van der Waals surface area contributed by atoms with Crippen LogP contribution in [0.1, 0.15) is 32.6 Å². The third-order valence-corrected chi connectivity index (χ3v) is 3.85. The van der Waals surface area contributed by atoms with Crippen molar-refractivity contribution in [1.82, 2.24) is 9.97 Å². The molecule has 0 atom stereocenters. The monoisotopic (exact) mass is 303 g/mol. The summed E-state index contributed by atoms with van der Waals surface area (Å²) in [6.07, 6.45) is 6.86. The summed E-state index contributed by atoms with van der Waals surface area (Å²) in [5, 5.41) is 3.64. The number of halogens is 2. The summed E-state index contributed by atoms with van der Waals surface area (Å²) in [6, 6.07) is 0. The quantitative estimate of drug-likeness (QED) is 0.839. The van der Waals surface area contributed by atoms with E-state index in [0.29, 0.717) is 5.41 Å². The molecule has 1 aromatic heterocycles. The second kappa shape index (κ2) is 4.88. The van der Waals surface area contributed by atoms with E-state index in [-0.39, 0.29) is 5.28 Å². The summed E-state index contributed by atoms with van der Waals surface area (Å²) < 4.78 is 0.865. The first-order valence-corrected chi connectivity index (χ1v) is 6.74. The highest BCUT2D eigenvalue weighted by molar-refractivity contribution is 9.10. The van der Waals surface area contributed by atoms with Gasteiger partial charge in [-0.2, -0.15) is 4.98 Å². The van der Waals surface area contributed by atoms with Gasteiger partial charge in [-0.25, -0.2) is 4.98 Å². The van der Waals surface area contributed by atoms with Crippen LogP contribution < -0.4 is 5.32 Å². The zero-order chi connectivity index (χ0) is 11.6. The lowest BCUT2D eigenvalue weighted by molar-refractivity contribution is 0.485. The second-order valence-electron chi connectivity index (χ2n) is 4.44. The third-order valence-electron chi connectivity index (χ3n) is 3.08. The SMILES string of the molecule is CCCC1(CNc2nc(Cl)ncc2Br)CC1. The summed E-state index contributed by atoms with van der Waals surface area (Å²) in [5.74, 6) is 0.794. The predicted octanol–water partition coefficient (Wildman–Crippen LogP) is 3.88. The average Bonchev–Trinajstić information content (AvgIpc) is 3.01. The Morgan fingerprint density at radius 1 is 1.56 bits per heavy atom. The van der Waals surface area contributed by atoms with Gasteiger partial charge in [0.15, 0.2) is 0 Å². The van der Waals surface area contributed by atoms with E-state index in [1.165, 1.54) is 25.7 Å². The van der Waals surface area contributed by atoms with Crippen molar-refractivity contribution < 1.29 is 0 Å². The molecule has 88 valence electrons. The summed E-state index contributed by atoms with van der Waals surface area (Å²) in [7, 11) is 0. The maximum Gasteiger partial charge on any atom is 0.224 e. The fraction of sp³-hybridized carbons (Fsp3) is 0.636. The molecule has 1 fully saturated rings. The standard InChI is InChI=1S/C11H15BrClN3/c1-2-3-11(4-5-11)7-15-9-8(12)6-14-10(13)16-9/h6H,2-5,7H2,1H3,(H,14,15,16).